The van der Waals surface area contributed by atoms with Gasteiger partial charge in [0.05, 0.1) is 10.9 Å². The lowest BCUT2D eigenvalue weighted by atomic mass is 9.97. The van der Waals surface area contributed by atoms with Crippen LogP contribution in [0.25, 0.3) is 6.08 Å². The molecular weight excluding hydrogens is 385 g/mol. The van der Waals surface area contributed by atoms with Gasteiger partial charge in [0.1, 0.15) is 5.02 Å². The van der Waals surface area contributed by atoms with Crippen molar-refractivity contribution < 1.29 is 14.3 Å². The van der Waals surface area contributed by atoms with Gasteiger partial charge in [-0.3, -0.25) is 9.59 Å². The number of hydrogen-bond acceptors (Lipinski definition) is 3. The molecule has 4 nitrogen and oxygen atoms in total. The zero-order chi connectivity index (χ0) is 19.2. The standard InChI is InChI=1S/C21H19Cl2NO3/c22-17-7-4-8-18(20(17)23)27-21(26)16-11-13-24(14-12-16)19(25)10-9-15-5-2-1-3-6-15/h1-10,16H,11-14H2/b10-9+. The van der Waals surface area contributed by atoms with Crippen LogP contribution in [0.2, 0.25) is 10.0 Å². The molecule has 27 heavy (non-hydrogen) atoms. The number of hydrogen-bond donors (Lipinski definition) is 0. The molecule has 0 spiro atoms. The summed E-state index contributed by atoms with van der Waals surface area (Å²) in [5, 5.41) is 0.568. The molecule has 0 atom stereocenters. The zero-order valence-electron chi connectivity index (χ0n) is 14.6. The second kappa shape index (κ2) is 9.07. The van der Waals surface area contributed by atoms with Crippen molar-refractivity contribution in [2.45, 2.75) is 12.8 Å². The van der Waals surface area contributed by atoms with Gasteiger partial charge in [-0.2, -0.15) is 0 Å². The molecule has 1 fully saturated rings. The summed E-state index contributed by atoms with van der Waals surface area (Å²) >= 11 is 12.0. The maximum atomic E-state index is 12.4. The molecule has 0 unspecified atom stereocenters. The van der Waals surface area contributed by atoms with Crippen LogP contribution in [0.5, 0.6) is 5.75 Å². The van der Waals surface area contributed by atoms with Crippen LogP contribution in [0, 0.1) is 5.92 Å². The van der Waals surface area contributed by atoms with E-state index in [1.807, 2.05) is 30.3 Å². The number of benzene rings is 2. The Labute approximate surface area is 168 Å². The minimum Gasteiger partial charge on any atom is -0.425 e. The Morgan fingerprint density at radius 1 is 1.00 bits per heavy atom. The third-order valence-corrected chi connectivity index (χ3v) is 5.29. The summed E-state index contributed by atoms with van der Waals surface area (Å²) in [6.07, 6.45) is 4.48. The van der Waals surface area contributed by atoms with Gasteiger partial charge in [-0.15, -0.1) is 0 Å². The predicted molar refractivity (Wildman–Crippen MR) is 107 cm³/mol. The van der Waals surface area contributed by atoms with Crippen LogP contribution in [0.3, 0.4) is 0 Å². The van der Waals surface area contributed by atoms with Gasteiger partial charge in [-0.25, -0.2) is 0 Å². The summed E-state index contributed by atoms with van der Waals surface area (Å²) in [4.78, 5) is 26.4. The largest absolute Gasteiger partial charge is 0.425 e. The molecule has 3 rings (SSSR count). The van der Waals surface area contributed by atoms with Crippen molar-refractivity contribution in [3.63, 3.8) is 0 Å². The fourth-order valence-corrected chi connectivity index (χ4v) is 3.26. The van der Waals surface area contributed by atoms with E-state index in [1.54, 1.807) is 35.3 Å². The van der Waals surface area contributed by atoms with Crippen LogP contribution in [0.15, 0.2) is 54.6 Å². The highest BCUT2D eigenvalue weighted by Crippen LogP contribution is 2.32. The molecule has 1 saturated heterocycles. The molecule has 0 aliphatic carbocycles. The number of carbonyl (C=O) groups excluding carboxylic acids is 2. The maximum absolute atomic E-state index is 12.4. The number of halogens is 2. The molecule has 0 radical (unpaired) electrons. The second-order valence-electron chi connectivity index (χ2n) is 6.32. The molecule has 1 amide bonds. The van der Waals surface area contributed by atoms with Gasteiger partial charge >= 0.3 is 5.97 Å². The third-order valence-electron chi connectivity index (χ3n) is 4.48. The summed E-state index contributed by atoms with van der Waals surface area (Å²) in [6, 6.07) is 14.6. The van der Waals surface area contributed by atoms with Gasteiger partial charge in [0, 0.05) is 19.2 Å². The fourth-order valence-electron chi connectivity index (χ4n) is 2.93. The van der Waals surface area contributed by atoms with Crippen LogP contribution < -0.4 is 4.74 Å². The minimum atomic E-state index is -0.342. The number of amides is 1. The molecule has 2 aromatic carbocycles. The van der Waals surface area contributed by atoms with Gasteiger partial charge in [0.2, 0.25) is 5.91 Å². The van der Waals surface area contributed by atoms with Crippen LogP contribution in [0.1, 0.15) is 18.4 Å². The average molecular weight is 404 g/mol. The average Bonchev–Trinajstić information content (AvgIpc) is 2.70. The van der Waals surface area contributed by atoms with E-state index in [2.05, 4.69) is 0 Å². The highest BCUT2D eigenvalue weighted by atomic mass is 35.5. The van der Waals surface area contributed by atoms with Gasteiger partial charge < -0.3 is 9.64 Å². The van der Waals surface area contributed by atoms with Crippen LogP contribution in [-0.2, 0) is 9.59 Å². The number of likely N-dealkylation sites (tertiary alicyclic amines) is 1. The number of nitrogens with zero attached hydrogens (tertiary/aromatic N) is 1. The van der Waals surface area contributed by atoms with Crippen LogP contribution in [-0.4, -0.2) is 29.9 Å². The second-order valence-corrected chi connectivity index (χ2v) is 7.10. The monoisotopic (exact) mass is 403 g/mol. The Morgan fingerprint density at radius 3 is 2.41 bits per heavy atom. The lowest BCUT2D eigenvalue weighted by molar-refractivity contribution is -0.142. The van der Waals surface area contributed by atoms with Crippen molar-refractivity contribution in [3.8, 4) is 5.75 Å². The van der Waals surface area contributed by atoms with Crippen molar-refractivity contribution in [1.82, 2.24) is 4.90 Å². The van der Waals surface area contributed by atoms with Crippen molar-refractivity contribution in [2.24, 2.45) is 5.92 Å². The van der Waals surface area contributed by atoms with E-state index in [1.165, 1.54) is 0 Å². The SMILES string of the molecule is O=C(Oc1cccc(Cl)c1Cl)C1CCN(C(=O)/C=C/c2ccccc2)CC1. The molecule has 0 N–H and O–H groups in total. The highest BCUT2D eigenvalue weighted by molar-refractivity contribution is 6.43. The van der Waals surface area contributed by atoms with Crippen molar-refractivity contribution in [3.05, 3.63) is 70.2 Å². The van der Waals surface area contributed by atoms with Crippen molar-refractivity contribution >= 4 is 41.2 Å². The molecule has 1 heterocycles. The highest BCUT2D eigenvalue weighted by Gasteiger charge is 2.28. The molecule has 6 heteroatoms. The molecule has 1 aliphatic heterocycles. The van der Waals surface area contributed by atoms with E-state index in [4.69, 9.17) is 27.9 Å². The van der Waals surface area contributed by atoms with E-state index in [0.717, 1.165) is 5.56 Å². The third kappa shape index (κ3) is 5.12. The Morgan fingerprint density at radius 2 is 1.70 bits per heavy atom. The Bertz CT molecular complexity index is 844. The van der Waals surface area contributed by atoms with E-state index < -0.39 is 0 Å². The van der Waals surface area contributed by atoms with Gasteiger partial charge in [0.15, 0.2) is 5.75 Å². The van der Waals surface area contributed by atoms with Crippen molar-refractivity contribution in [1.29, 1.82) is 0 Å². The first-order chi connectivity index (χ1) is 13.0. The molecular formula is C21H19Cl2NO3. The first-order valence-corrected chi connectivity index (χ1v) is 9.48. The summed E-state index contributed by atoms with van der Waals surface area (Å²) in [5.74, 6) is -0.393. The van der Waals surface area contributed by atoms with E-state index in [0.29, 0.717) is 31.0 Å². The summed E-state index contributed by atoms with van der Waals surface area (Å²) in [7, 11) is 0. The Kier molecular flexibility index (Phi) is 6.54. The fraction of sp³-hybridized carbons (Fsp3) is 0.238. The molecule has 140 valence electrons. The number of piperidine rings is 1. The summed E-state index contributed by atoms with van der Waals surface area (Å²) in [6.45, 7) is 1.03. The Hall–Kier alpha value is -2.30. The quantitative estimate of drug-likeness (QED) is 0.416. The first-order valence-electron chi connectivity index (χ1n) is 8.72. The van der Waals surface area contributed by atoms with Gasteiger partial charge in [-0.05, 0) is 36.6 Å². The molecule has 0 aromatic heterocycles. The first kappa shape index (κ1) is 19.5. The lowest BCUT2D eigenvalue weighted by Gasteiger charge is -2.30. The zero-order valence-corrected chi connectivity index (χ0v) is 16.1. The summed E-state index contributed by atoms with van der Waals surface area (Å²) in [5.41, 5.74) is 0.975. The lowest BCUT2D eigenvalue weighted by Crippen LogP contribution is -2.40. The normalized spacial score (nSPS) is 15.1. The number of esters is 1. The van der Waals surface area contributed by atoms with E-state index >= 15 is 0 Å². The topological polar surface area (TPSA) is 46.6 Å². The van der Waals surface area contributed by atoms with Gasteiger partial charge in [-0.1, -0.05) is 59.6 Å². The van der Waals surface area contributed by atoms with Crippen LogP contribution in [0.4, 0.5) is 0 Å². The van der Waals surface area contributed by atoms with Crippen LogP contribution >= 0.6 is 23.2 Å². The Balaban J connectivity index is 1.52. The summed E-state index contributed by atoms with van der Waals surface area (Å²) < 4.78 is 5.39. The van der Waals surface area contributed by atoms with E-state index in [-0.39, 0.29) is 28.6 Å². The number of ether oxygens (including phenoxy) is 1. The molecule has 2 aromatic rings. The number of carbonyl (C=O) groups is 2. The predicted octanol–water partition coefficient (Wildman–Crippen LogP) is 4.85. The molecule has 0 bridgehead atoms. The van der Waals surface area contributed by atoms with E-state index in [9.17, 15) is 9.59 Å². The number of rotatable bonds is 4. The smallest absolute Gasteiger partial charge is 0.314 e. The minimum absolute atomic E-state index is 0.0523. The maximum Gasteiger partial charge on any atom is 0.314 e. The molecule has 1 aliphatic rings. The van der Waals surface area contributed by atoms with Gasteiger partial charge in [0.25, 0.3) is 0 Å². The van der Waals surface area contributed by atoms with Crippen molar-refractivity contribution in [2.75, 3.05) is 13.1 Å². The molecule has 0 saturated carbocycles.